The number of ether oxygens (including phenoxy) is 2. The van der Waals surface area contributed by atoms with Crippen LogP contribution in [0, 0.1) is 5.92 Å². The van der Waals surface area contributed by atoms with Gasteiger partial charge in [-0.05, 0) is 66.4 Å². The lowest BCUT2D eigenvalue weighted by Crippen LogP contribution is -2.20. The van der Waals surface area contributed by atoms with Crippen molar-refractivity contribution in [2.24, 2.45) is 5.92 Å². The highest BCUT2D eigenvalue weighted by atomic mass is 79.9. The first-order chi connectivity index (χ1) is 21.1. The molecule has 0 spiro atoms. The van der Waals surface area contributed by atoms with Crippen molar-refractivity contribution >= 4 is 48.9 Å². The van der Waals surface area contributed by atoms with Crippen molar-refractivity contribution < 1.29 is 9.47 Å². The summed E-state index contributed by atoms with van der Waals surface area (Å²) >= 11 is 7.31. The highest BCUT2D eigenvalue weighted by Crippen LogP contribution is 2.60. The monoisotopic (exact) mass is 709 g/mol. The van der Waals surface area contributed by atoms with Gasteiger partial charge in [-0.3, -0.25) is 4.90 Å². The van der Waals surface area contributed by atoms with Crippen LogP contribution in [0.3, 0.4) is 0 Å². The number of rotatable bonds is 18. The second kappa shape index (κ2) is 16.4. The van der Waals surface area contributed by atoms with Gasteiger partial charge in [0, 0.05) is 8.95 Å². The van der Waals surface area contributed by atoms with Gasteiger partial charge >= 0.3 is 0 Å². The van der Waals surface area contributed by atoms with Gasteiger partial charge in [0.05, 0.1) is 11.4 Å². The Morgan fingerprint density at radius 3 is 1.47 bits per heavy atom. The Hall–Kier alpha value is -1.98. The van der Waals surface area contributed by atoms with Crippen molar-refractivity contribution in [2.75, 3.05) is 4.90 Å². The third kappa shape index (κ3) is 8.60. The van der Waals surface area contributed by atoms with E-state index < -0.39 is 0 Å². The van der Waals surface area contributed by atoms with E-state index in [9.17, 15) is 0 Å². The van der Waals surface area contributed by atoms with Crippen LogP contribution in [0.25, 0.3) is 0 Å². The van der Waals surface area contributed by atoms with Crippen molar-refractivity contribution in [1.29, 1.82) is 0 Å². The zero-order valence-corrected chi connectivity index (χ0v) is 29.4. The van der Waals surface area contributed by atoms with Crippen molar-refractivity contribution in [3.05, 3.63) is 63.0 Å². The standard InChI is InChI=1S/C38H49Br2NO2/c1-3-5-7-9-11-12-14-16-18-28(17-15-13-10-8-6-4-2)23-29-24-36-38-37(25-29)43-35-27-31(40)20-22-33(35)41(38)32-21-19-30(39)26-34(32)42-36/h19-22,24-28H,3-18,23H2,1-2H3. The Balaban J connectivity index is 1.33. The molecular weight excluding hydrogens is 662 g/mol. The molecule has 3 nitrogen and oxygen atoms in total. The quantitative estimate of drug-likeness (QED) is 0.0845. The van der Waals surface area contributed by atoms with Crippen LogP contribution < -0.4 is 14.4 Å². The number of hydrogen-bond donors (Lipinski definition) is 0. The normalized spacial score (nSPS) is 13.5. The maximum absolute atomic E-state index is 6.59. The minimum Gasteiger partial charge on any atom is -0.453 e. The van der Waals surface area contributed by atoms with Gasteiger partial charge in [0.1, 0.15) is 5.69 Å². The summed E-state index contributed by atoms with van der Waals surface area (Å²) < 4.78 is 15.2. The SMILES string of the molecule is CCCCCCCCCCC(CCCCCCCC)Cc1cc2c3c(c1)Oc1cc(Br)ccc1N3c1ccc(Br)cc1O2. The van der Waals surface area contributed by atoms with E-state index in [1.807, 2.05) is 0 Å². The van der Waals surface area contributed by atoms with E-state index in [0.29, 0.717) is 5.92 Å². The lowest BCUT2D eigenvalue weighted by molar-refractivity contribution is 0.397. The molecular formula is C38H49Br2NO2. The first-order valence-electron chi connectivity index (χ1n) is 17.0. The average molecular weight is 712 g/mol. The van der Waals surface area contributed by atoms with Crippen molar-refractivity contribution in [1.82, 2.24) is 0 Å². The van der Waals surface area contributed by atoms with Crippen LogP contribution in [0.4, 0.5) is 17.1 Å². The maximum atomic E-state index is 6.59. The fourth-order valence-electron chi connectivity index (χ4n) is 6.71. The van der Waals surface area contributed by atoms with Gasteiger partial charge in [-0.1, -0.05) is 148 Å². The fraction of sp³-hybridized carbons (Fsp3) is 0.526. The van der Waals surface area contributed by atoms with Crippen LogP contribution in [0.1, 0.15) is 122 Å². The Kier molecular flexibility index (Phi) is 12.3. The molecule has 0 fully saturated rings. The molecule has 5 rings (SSSR count). The molecule has 2 heterocycles. The van der Waals surface area contributed by atoms with E-state index in [4.69, 9.17) is 9.47 Å². The molecule has 43 heavy (non-hydrogen) atoms. The summed E-state index contributed by atoms with van der Waals surface area (Å²) in [6.07, 6.45) is 22.9. The van der Waals surface area contributed by atoms with Crippen molar-refractivity contribution in [3.63, 3.8) is 0 Å². The third-order valence-corrected chi connectivity index (χ3v) is 10.0. The summed E-state index contributed by atoms with van der Waals surface area (Å²) in [6, 6.07) is 17.1. The van der Waals surface area contributed by atoms with E-state index >= 15 is 0 Å². The second-order valence-corrected chi connectivity index (χ2v) is 14.4. The molecule has 232 valence electrons. The van der Waals surface area contributed by atoms with E-state index in [-0.39, 0.29) is 0 Å². The minimum atomic E-state index is 0.697. The first-order valence-corrected chi connectivity index (χ1v) is 18.6. The topological polar surface area (TPSA) is 21.7 Å². The lowest BCUT2D eigenvalue weighted by Gasteiger charge is -2.38. The van der Waals surface area contributed by atoms with Crippen LogP contribution in [0.15, 0.2) is 57.5 Å². The van der Waals surface area contributed by atoms with Gasteiger partial charge in [-0.15, -0.1) is 0 Å². The Morgan fingerprint density at radius 2 is 1.00 bits per heavy atom. The molecule has 2 aliphatic rings. The molecule has 0 amide bonds. The average Bonchev–Trinajstić information content (AvgIpc) is 2.99. The Bertz CT molecular complexity index is 1260. The fourth-order valence-corrected chi connectivity index (χ4v) is 7.39. The molecule has 0 N–H and O–H groups in total. The number of anilines is 3. The van der Waals surface area contributed by atoms with Crippen LogP contribution >= 0.6 is 31.9 Å². The number of fused-ring (bicyclic) bond motifs is 4. The predicted octanol–water partition coefficient (Wildman–Crippen LogP) is 14.3. The zero-order chi connectivity index (χ0) is 30.0. The van der Waals surface area contributed by atoms with Crippen molar-refractivity contribution in [3.8, 4) is 23.0 Å². The molecule has 0 saturated heterocycles. The van der Waals surface area contributed by atoms with E-state index in [1.165, 1.54) is 108 Å². The van der Waals surface area contributed by atoms with Gasteiger partial charge in [0.15, 0.2) is 23.0 Å². The summed E-state index contributed by atoms with van der Waals surface area (Å²) in [5, 5.41) is 0. The van der Waals surface area contributed by atoms with Gasteiger partial charge in [0.2, 0.25) is 0 Å². The molecule has 1 atom stereocenters. The number of nitrogens with zero attached hydrogens (tertiary/aromatic N) is 1. The van der Waals surface area contributed by atoms with E-state index in [2.05, 4.69) is 99.1 Å². The molecule has 3 aromatic carbocycles. The van der Waals surface area contributed by atoms with Crippen LogP contribution in [0.5, 0.6) is 23.0 Å². The Morgan fingerprint density at radius 1 is 0.558 bits per heavy atom. The third-order valence-electron chi connectivity index (χ3n) is 9.04. The van der Waals surface area contributed by atoms with Gasteiger partial charge < -0.3 is 9.47 Å². The van der Waals surface area contributed by atoms with Gasteiger partial charge in [-0.25, -0.2) is 0 Å². The smallest absolute Gasteiger partial charge is 0.155 e. The van der Waals surface area contributed by atoms with Crippen LogP contribution in [-0.4, -0.2) is 0 Å². The molecule has 0 bridgehead atoms. The van der Waals surface area contributed by atoms with Crippen LogP contribution in [-0.2, 0) is 6.42 Å². The maximum Gasteiger partial charge on any atom is 0.155 e. The van der Waals surface area contributed by atoms with E-state index in [0.717, 1.165) is 55.4 Å². The number of hydrogen-bond acceptors (Lipinski definition) is 3. The summed E-state index contributed by atoms with van der Waals surface area (Å²) in [5.74, 6) is 4.20. The summed E-state index contributed by atoms with van der Waals surface area (Å²) in [7, 11) is 0. The van der Waals surface area contributed by atoms with Crippen molar-refractivity contribution in [2.45, 2.75) is 123 Å². The number of benzene rings is 3. The lowest BCUT2D eigenvalue weighted by atomic mass is 9.88. The predicted molar refractivity (Wildman–Crippen MR) is 189 cm³/mol. The summed E-state index contributed by atoms with van der Waals surface area (Å²) in [5.41, 5.74) is 4.39. The number of unbranched alkanes of at least 4 members (excludes halogenated alkanes) is 12. The zero-order valence-electron chi connectivity index (χ0n) is 26.2. The summed E-state index contributed by atoms with van der Waals surface area (Å²) in [4.78, 5) is 2.30. The largest absolute Gasteiger partial charge is 0.453 e. The van der Waals surface area contributed by atoms with Gasteiger partial charge in [0.25, 0.3) is 0 Å². The summed E-state index contributed by atoms with van der Waals surface area (Å²) in [6.45, 7) is 4.60. The molecule has 0 aliphatic carbocycles. The molecule has 3 aromatic rings. The molecule has 1 unspecified atom stereocenters. The molecule has 0 aromatic heterocycles. The highest BCUT2D eigenvalue weighted by molar-refractivity contribution is 9.10. The van der Waals surface area contributed by atoms with Crippen LogP contribution in [0.2, 0.25) is 0 Å². The number of halogens is 2. The second-order valence-electron chi connectivity index (χ2n) is 12.6. The molecule has 0 saturated carbocycles. The van der Waals surface area contributed by atoms with Gasteiger partial charge in [-0.2, -0.15) is 0 Å². The highest BCUT2D eigenvalue weighted by Gasteiger charge is 2.35. The molecule has 2 aliphatic heterocycles. The molecule has 5 heteroatoms. The van der Waals surface area contributed by atoms with E-state index in [1.54, 1.807) is 0 Å². The first kappa shape index (κ1) is 32.4. The molecule has 0 radical (unpaired) electrons. The Labute approximate surface area is 277 Å². The minimum absolute atomic E-state index is 0.697.